The first kappa shape index (κ1) is 9.39. The van der Waals surface area contributed by atoms with Crippen LogP contribution in [0.3, 0.4) is 0 Å². The van der Waals surface area contributed by atoms with Gasteiger partial charge in [0.05, 0.1) is 5.69 Å². The monoisotopic (exact) mass is 215 g/mol. The van der Waals surface area contributed by atoms with Gasteiger partial charge in [0.2, 0.25) is 0 Å². The lowest BCUT2D eigenvalue weighted by Crippen LogP contribution is -2.06. The van der Waals surface area contributed by atoms with E-state index >= 15 is 0 Å². The predicted molar refractivity (Wildman–Crippen MR) is 61.6 cm³/mol. The van der Waals surface area contributed by atoms with Crippen molar-refractivity contribution in [1.29, 1.82) is 0 Å². The molecule has 0 amide bonds. The van der Waals surface area contributed by atoms with Crippen LogP contribution in [0, 0.1) is 0 Å². The van der Waals surface area contributed by atoms with Crippen molar-refractivity contribution >= 4 is 11.8 Å². The number of allylic oxidation sites excluding steroid dienone is 4. The van der Waals surface area contributed by atoms with Crippen molar-refractivity contribution in [3.63, 3.8) is 0 Å². The average Bonchev–Trinajstić information content (AvgIpc) is 2.73. The lowest BCUT2D eigenvalue weighted by atomic mass is 10.1. The highest BCUT2D eigenvalue weighted by Crippen LogP contribution is 2.22. The average molecular weight is 215 g/mol. The van der Waals surface area contributed by atoms with E-state index < -0.39 is 0 Å². The van der Waals surface area contributed by atoms with Gasteiger partial charge in [-0.05, 0) is 37.8 Å². The number of nitrogens with zero attached hydrogens (tertiary/aromatic N) is 3. The largest absolute Gasteiger partial charge is 0.506 e. The van der Waals surface area contributed by atoms with Gasteiger partial charge in [-0.1, -0.05) is 12.2 Å². The van der Waals surface area contributed by atoms with E-state index in [1.54, 1.807) is 4.80 Å². The van der Waals surface area contributed by atoms with Gasteiger partial charge in [0.15, 0.2) is 0 Å². The molecule has 3 rings (SSSR count). The summed E-state index contributed by atoms with van der Waals surface area (Å²) >= 11 is 0. The first-order chi connectivity index (χ1) is 7.84. The molecular weight excluding hydrogens is 202 g/mol. The molecule has 0 spiro atoms. The van der Waals surface area contributed by atoms with Crippen LogP contribution in [0.15, 0.2) is 24.0 Å². The number of aryl methyl sites for hydroxylation is 1. The van der Waals surface area contributed by atoms with Crippen molar-refractivity contribution in [2.75, 3.05) is 0 Å². The van der Waals surface area contributed by atoms with Crippen LogP contribution in [0.5, 0.6) is 0 Å². The molecule has 0 unspecified atom stereocenters. The highest BCUT2D eigenvalue weighted by atomic mass is 16.3. The van der Waals surface area contributed by atoms with Gasteiger partial charge in [-0.2, -0.15) is 5.10 Å². The summed E-state index contributed by atoms with van der Waals surface area (Å²) in [5.41, 5.74) is 2.64. The summed E-state index contributed by atoms with van der Waals surface area (Å²) < 4.78 is 0. The maximum atomic E-state index is 9.76. The molecule has 4 heteroatoms. The molecule has 1 aromatic heterocycles. The van der Waals surface area contributed by atoms with E-state index in [0.29, 0.717) is 5.70 Å². The van der Waals surface area contributed by atoms with Crippen LogP contribution in [-0.2, 0) is 6.42 Å². The van der Waals surface area contributed by atoms with Crippen LogP contribution in [-0.4, -0.2) is 20.1 Å². The Morgan fingerprint density at radius 1 is 1.12 bits per heavy atom. The topological polar surface area (TPSA) is 50.9 Å². The van der Waals surface area contributed by atoms with Gasteiger partial charge < -0.3 is 5.11 Å². The maximum absolute atomic E-state index is 9.76. The fourth-order valence-electron chi connectivity index (χ4n) is 2.01. The lowest BCUT2D eigenvalue weighted by molar-refractivity contribution is 0.422. The van der Waals surface area contributed by atoms with Crippen LogP contribution in [0.2, 0.25) is 0 Å². The molecule has 1 N–H and O–H groups in total. The van der Waals surface area contributed by atoms with Crippen LogP contribution < -0.4 is 0 Å². The SMILES string of the molecule is OC1=CCCC=C1n1nc2c(n1)CCC=C2. The van der Waals surface area contributed by atoms with Crippen molar-refractivity contribution in [3.05, 3.63) is 35.4 Å². The van der Waals surface area contributed by atoms with E-state index in [1.807, 2.05) is 18.2 Å². The second-order valence-electron chi connectivity index (χ2n) is 4.02. The molecule has 4 nitrogen and oxygen atoms in total. The van der Waals surface area contributed by atoms with Gasteiger partial charge in [-0.25, -0.2) is 0 Å². The maximum Gasteiger partial charge on any atom is 0.138 e. The summed E-state index contributed by atoms with van der Waals surface area (Å²) in [7, 11) is 0. The van der Waals surface area contributed by atoms with Crippen molar-refractivity contribution in [3.8, 4) is 0 Å². The minimum Gasteiger partial charge on any atom is -0.506 e. The fraction of sp³-hybridized carbons (Fsp3) is 0.333. The zero-order valence-electron chi connectivity index (χ0n) is 8.93. The van der Waals surface area contributed by atoms with E-state index in [9.17, 15) is 5.11 Å². The van der Waals surface area contributed by atoms with Gasteiger partial charge in [-0.3, -0.25) is 0 Å². The van der Waals surface area contributed by atoms with E-state index in [4.69, 9.17) is 0 Å². The van der Waals surface area contributed by atoms with Crippen LogP contribution in [0.4, 0.5) is 0 Å². The van der Waals surface area contributed by atoms with E-state index in [2.05, 4.69) is 16.3 Å². The molecule has 0 fully saturated rings. The molecule has 1 aromatic rings. The third-order valence-electron chi connectivity index (χ3n) is 2.86. The number of rotatable bonds is 1. The molecule has 0 aromatic carbocycles. The number of hydrogen-bond donors (Lipinski definition) is 1. The summed E-state index contributed by atoms with van der Waals surface area (Å²) in [5, 5.41) is 18.5. The summed E-state index contributed by atoms with van der Waals surface area (Å²) in [4.78, 5) is 1.55. The Labute approximate surface area is 93.6 Å². The Bertz CT molecular complexity index is 508. The molecule has 16 heavy (non-hydrogen) atoms. The van der Waals surface area contributed by atoms with Gasteiger partial charge in [0.25, 0.3) is 0 Å². The number of hydrogen-bond acceptors (Lipinski definition) is 3. The smallest absolute Gasteiger partial charge is 0.138 e. The molecule has 0 saturated carbocycles. The minimum absolute atomic E-state index is 0.280. The standard InChI is InChI=1S/C12H13N3O/c16-12-8-4-3-7-11(12)15-13-9-5-1-2-6-10(9)14-15/h1,5,7-8,16H,2-4,6H2. The minimum atomic E-state index is 0.280. The molecule has 1 heterocycles. The van der Waals surface area contributed by atoms with Crippen molar-refractivity contribution < 1.29 is 5.11 Å². The molecule has 0 radical (unpaired) electrons. The van der Waals surface area contributed by atoms with Gasteiger partial charge in [-0.15, -0.1) is 9.90 Å². The molecule has 0 aliphatic heterocycles. The van der Waals surface area contributed by atoms with Crippen LogP contribution in [0.1, 0.15) is 30.7 Å². The predicted octanol–water partition coefficient (Wildman–Crippen LogP) is 2.31. The highest BCUT2D eigenvalue weighted by molar-refractivity contribution is 5.61. The van der Waals surface area contributed by atoms with E-state index in [1.165, 1.54) is 0 Å². The normalized spacial score (nSPS) is 19.0. The number of fused-ring (bicyclic) bond motifs is 1. The van der Waals surface area contributed by atoms with Gasteiger partial charge in [0, 0.05) is 0 Å². The molecule has 2 aliphatic rings. The quantitative estimate of drug-likeness (QED) is 0.782. The van der Waals surface area contributed by atoms with Crippen molar-refractivity contribution in [2.24, 2.45) is 0 Å². The Morgan fingerprint density at radius 2 is 2.00 bits per heavy atom. The van der Waals surface area contributed by atoms with Crippen LogP contribution >= 0.6 is 0 Å². The van der Waals surface area contributed by atoms with Crippen molar-refractivity contribution in [2.45, 2.75) is 25.7 Å². The second kappa shape index (κ2) is 3.63. The highest BCUT2D eigenvalue weighted by Gasteiger charge is 2.16. The van der Waals surface area contributed by atoms with E-state index in [-0.39, 0.29) is 5.76 Å². The van der Waals surface area contributed by atoms with Gasteiger partial charge in [0.1, 0.15) is 17.2 Å². The Morgan fingerprint density at radius 3 is 2.81 bits per heavy atom. The van der Waals surface area contributed by atoms with E-state index in [0.717, 1.165) is 37.1 Å². The Hall–Kier alpha value is -1.84. The first-order valence-corrected chi connectivity index (χ1v) is 5.57. The number of aromatic nitrogens is 3. The molecule has 0 saturated heterocycles. The molecule has 0 atom stereocenters. The summed E-state index contributed by atoms with van der Waals surface area (Å²) in [6.07, 6.45) is 11.7. The Balaban J connectivity index is 2.01. The first-order valence-electron chi connectivity index (χ1n) is 5.57. The van der Waals surface area contributed by atoms with Crippen molar-refractivity contribution in [1.82, 2.24) is 15.0 Å². The van der Waals surface area contributed by atoms with Gasteiger partial charge >= 0.3 is 0 Å². The summed E-state index contributed by atoms with van der Waals surface area (Å²) in [5.74, 6) is 0.280. The third-order valence-corrected chi connectivity index (χ3v) is 2.86. The number of aliphatic hydroxyl groups is 1. The molecule has 82 valence electrons. The summed E-state index contributed by atoms with van der Waals surface area (Å²) in [6, 6.07) is 0. The fourth-order valence-corrected chi connectivity index (χ4v) is 2.01. The Kier molecular flexibility index (Phi) is 2.13. The zero-order valence-corrected chi connectivity index (χ0v) is 8.93. The lowest BCUT2D eigenvalue weighted by Gasteiger charge is -2.09. The zero-order chi connectivity index (χ0) is 11.0. The number of aliphatic hydroxyl groups excluding tert-OH is 1. The third kappa shape index (κ3) is 1.46. The van der Waals surface area contributed by atoms with Crippen LogP contribution in [0.25, 0.3) is 11.8 Å². The summed E-state index contributed by atoms with van der Waals surface area (Å²) in [6.45, 7) is 0. The molecule has 2 aliphatic carbocycles. The molecular formula is C12H13N3O. The second-order valence-corrected chi connectivity index (χ2v) is 4.02. The molecule has 0 bridgehead atoms.